The maximum Gasteiger partial charge on any atom is 0.242 e. The van der Waals surface area contributed by atoms with Gasteiger partial charge in [-0.25, -0.2) is 9.97 Å². The average Bonchev–Trinajstić information content (AvgIpc) is 2.47. The topological polar surface area (TPSA) is 70.2 Å². The summed E-state index contributed by atoms with van der Waals surface area (Å²) < 4.78 is 0. The Bertz CT molecular complexity index is 462. The van der Waals surface area contributed by atoms with Gasteiger partial charge in [0.15, 0.2) is 0 Å². The predicted molar refractivity (Wildman–Crippen MR) is 75.4 cm³/mol. The highest BCUT2D eigenvalue weighted by atomic mass is 16.2. The van der Waals surface area contributed by atoms with E-state index in [4.69, 9.17) is 0 Å². The zero-order chi connectivity index (χ0) is 13.8. The Hall–Kier alpha value is -1.85. The standard InChI is InChI=1S/C13H21N5O/c1-9-11(14-2)16-8-17-12(9)18-7-5-4-6-10(18)13(19)15-3/h8,10H,4-7H2,1-3H3,(H,15,19)(H,14,16,17). The maximum atomic E-state index is 12.0. The zero-order valence-corrected chi connectivity index (χ0v) is 11.7. The summed E-state index contributed by atoms with van der Waals surface area (Å²) >= 11 is 0. The van der Waals surface area contributed by atoms with Gasteiger partial charge in [-0.2, -0.15) is 0 Å². The number of rotatable bonds is 3. The fourth-order valence-electron chi connectivity index (χ4n) is 2.61. The summed E-state index contributed by atoms with van der Waals surface area (Å²) in [6.07, 6.45) is 4.59. The van der Waals surface area contributed by atoms with Crippen LogP contribution in [-0.4, -0.2) is 42.6 Å². The molecule has 6 nitrogen and oxygen atoms in total. The Morgan fingerprint density at radius 2 is 2.16 bits per heavy atom. The lowest BCUT2D eigenvalue weighted by Crippen LogP contribution is -2.49. The van der Waals surface area contributed by atoms with Crippen molar-refractivity contribution in [2.45, 2.75) is 32.2 Å². The molecule has 1 aromatic heterocycles. The van der Waals surface area contributed by atoms with Crippen molar-refractivity contribution in [2.24, 2.45) is 0 Å². The third kappa shape index (κ3) is 2.62. The largest absolute Gasteiger partial charge is 0.373 e. The molecule has 1 aliphatic heterocycles. The lowest BCUT2D eigenvalue weighted by molar-refractivity contribution is -0.122. The van der Waals surface area contributed by atoms with E-state index in [0.29, 0.717) is 0 Å². The highest BCUT2D eigenvalue weighted by Gasteiger charge is 2.30. The third-order valence-corrected chi connectivity index (χ3v) is 3.62. The van der Waals surface area contributed by atoms with Crippen LogP contribution in [0.4, 0.5) is 11.6 Å². The highest BCUT2D eigenvalue weighted by Crippen LogP contribution is 2.28. The predicted octanol–water partition coefficient (Wildman–Crippen LogP) is 0.932. The van der Waals surface area contributed by atoms with Gasteiger partial charge in [0.2, 0.25) is 5.91 Å². The first-order chi connectivity index (χ1) is 9.19. The van der Waals surface area contributed by atoms with Crippen molar-refractivity contribution < 1.29 is 4.79 Å². The van der Waals surface area contributed by atoms with Crippen molar-refractivity contribution in [2.75, 3.05) is 30.9 Å². The monoisotopic (exact) mass is 263 g/mol. The molecule has 2 N–H and O–H groups in total. The minimum atomic E-state index is -0.128. The summed E-state index contributed by atoms with van der Waals surface area (Å²) in [4.78, 5) is 22.7. The van der Waals surface area contributed by atoms with Gasteiger partial charge in [-0.1, -0.05) is 0 Å². The summed E-state index contributed by atoms with van der Waals surface area (Å²) in [5.74, 6) is 1.72. The van der Waals surface area contributed by atoms with Crippen LogP contribution in [0.1, 0.15) is 24.8 Å². The molecule has 1 aromatic rings. The molecule has 104 valence electrons. The Morgan fingerprint density at radius 3 is 2.84 bits per heavy atom. The number of carbonyl (C=O) groups is 1. The SMILES string of the molecule is CNC(=O)C1CCCCN1c1ncnc(NC)c1C. The van der Waals surface area contributed by atoms with E-state index in [2.05, 4.69) is 25.5 Å². The van der Waals surface area contributed by atoms with E-state index in [1.165, 1.54) is 0 Å². The second kappa shape index (κ2) is 5.86. The lowest BCUT2D eigenvalue weighted by atomic mass is 10.0. The van der Waals surface area contributed by atoms with Gasteiger partial charge in [0, 0.05) is 26.2 Å². The molecule has 0 bridgehead atoms. The van der Waals surface area contributed by atoms with Gasteiger partial charge in [-0.15, -0.1) is 0 Å². The van der Waals surface area contributed by atoms with E-state index in [0.717, 1.165) is 43.0 Å². The third-order valence-electron chi connectivity index (χ3n) is 3.62. The van der Waals surface area contributed by atoms with Gasteiger partial charge < -0.3 is 15.5 Å². The number of carbonyl (C=O) groups excluding carboxylic acids is 1. The molecule has 1 amide bonds. The summed E-state index contributed by atoms with van der Waals surface area (Å²) in [5, 5.41) is 5.80. The van der Waals surface area contributed by atoms with Crippen LogP contribution < -0.4 is 15.5 Å². The highest BCUT2D eigenvalue weighted by molar-refractivity contribution is 5.85. The number of nitrogens with zero attached hydrogens (tertiary/aromatic N) is 3. The molecule has 0 radical (unpaired) electrons. The second-order valence-electron chi connectivity index (χ2n) is 4.74. The fraction of sp³-hybridized carbons (Fsp3) is 0.615. The number of nitrogens with one attached hydrogen (secondary N) is 2. The normalized spacial score (nSPS) is 19.1. The maximum absolute atomic E-state index is 12.0. The molecule has 0 spiro atoms. The minimum absolute atomic E-state index is 0.0590. The van der Waals surface area contributed by atoms with Crippen molar-refractivity contribution in [1.82, 2.24) is 15.3 Å². The van der Waals surface area contributed by atoms with E-state index >= 15 is 0 Å². The van der Waals surface area contributed by atoms with Crippen molar-refractivity contribution >= 4 is 17.5 Å². The van der Waals surface area contributed by atoms with Gasteiger partial charge in [0.05, 0.1) is 0 Å². The van der Waals surface area contributed by atoms with Crippen molar-refractivity contribution in [3.8, 4) is 0 Å². The van der Waals surface area contributed by atoms with Crippen LogP contribution in [0.5, 0.6) is 0 Å². The molecule has 1 atom stereocenters. The molecule has 19 heavy (non-hydrogen) atoms. The first kappa shape index (κ1) is 13.6. The molecular weight excluding hydrogens is 242 g/mol. The van der Waals surface area contributed by atoms with Gasteiger partial charge in [0.1, 0.15) is 24.0 Å². The van der Waals surface area contributed by atoms with Gasteiger partial charge in [-0.3, -0.25) is 4.79 Å². The van der Waals surface area contributed by atoms with E-state index < -0.39 is 0 Å². The minimum Gasteiger partial charge on any atom is -0.373 e. The van der Waals surface area contributed by atoms with Gasteiger partial charge >= 0.3 is 0 Å². The van der Waals surface area contributed by atoms with E-state index in [-0.39, 0.29) is 11.9 Å². The first-order valence-corrected chi connectivity index (χ1v) is 6.66. The molecule has 0 saturated carbocycles. The molecule has 1 fully saturated rings. The number of hydrogen-bond acceptors (Lipinski definition) is 5. The molecule has 0 aromatic carbocycles. The number of anilines is 2. The van der Waals surface area contributed by atoms with Gasteiger partial charge in [-0.05, 0) is 26.2 Å². The van der Waals surface area contributed by atoms with Crippen LogP contribution in [0.2, 0.25) is 0 Å². The molecule has 1 aliphatic rings. The number of amides is 1. The number of piperidine rings is 1. The van der Waals surface area contributed by atoms with Crippen molar-refractivity contribution in [3.63, 3.8) is 0 Å². The quantitative estimate of drug-likeness (QED) is 0.849. The van der Waals surface area contributed by atoms with Crippen LogP contribution in [0, 0.1) is 6.92 Å². The Balaban J connectivity index is 2.35. The number of aromatic nitrogens is 2. The molecule has 0 aliphatic carbocycles. The van der Waals surface area contributed by atoms with Crippen LogP contribution in [0.15, 0.2) is 6.33 Å². The lowest BCUT2D eigenvalue weighted by Gasteiger charge is -2.36. The van der Waals surface area contributed by atoms with Crippen LogP contribution in [0.3, 0.4) is 0 Å². The number of hydrogen-bond donors (Lipinski definition) is 2. The van der Waals surface area contributed by atoms with E-state index in [1.54, 1.807) is 13.4 Å². The number of likely N-dealkylation sites (N-methyl/N-ethyl adjacent to an activating group) is 1. The fourth-order valence-corrected chi connectivity index (χ4v) is 2.61. The van der Waals surface area contributed by atoms with Crippen molar-refractivity contribution in [3.05, 3.63) is 11.9 Å². The van der Waals surface area contributed by atoms with Crippen LogP contribution >= 0.6 is 0 Å². The summed E-state index contributed by atoms with van der Waals surface area (Å²) in [5.41, 5.74) is 0.987. The van der Waals surface area contributed by atoms with Crippen LogP contribution in [0.25, 0.3) is 0 Å². The molecule has 2 rings (SSSR count). The molecular formula is C13H21N5O. The summed E-state index contributed by atoms with van der Waals surface area (Å²) in [6, 6.07) is -0.128. The van der Waals surface area contributed by atoms with E-state index in [9.17, 15) is 4.79 Å². The van der Waals surface area contributed by atoms with Crippen LogP contribution in [-0.2, 0) is 4.79 Å². The summed E-state index contributed by atoms with van der Waals surface area (Å²) in [7, 11) is 3.52. The second-order valence-corrected chi connectivity index (χ2v) is 4.74. The Morgan fingerprint density at radius 1 is 1.37 bits per heavy atom. The molecule has 2 heterocycles. The van der Waals surface area contributed by atoms with Gasteiger partial charge in [0.25, 0.3) is 0 Å². The van der Waals surface area contributed by atoms with E-state index in [1.807, 2.05) is 14.0 Å². The Kier molecular flexibility index (Phi) is 4.19. The average molecular weight is 263 g/mol. The molecule has 1 saturated heterocycles. The smallest absolute Gasteiger partial charge is 0.242 e. The zero-order valence-electron chi connectivity index (χ0n) is 11.7. The van der Waals surface area contributed by atoms with Crippen molar-refractivity contribution in [1.29, 1.82) is 0 Å². The Labute approximate surface area is 113 Å². The molecule has 6 heteroatoms. The first-order valence-electron chi connectivity index (χ1n) is 6.66. The molecule has 1 unspecified atom stereocenters. The summed E-state index contributed by atoms with van der Waals surface area (Å²) in [6.45, 7) is 2.84.